The van der Waals surface area contributed by atoms with E-state index in [0.29, 0.717) is 12.5 Å². The van der Waals surface area contributed by atoms with Gasteiger partial charge in [-0.15, -0.1) is 0 Å². The van der Waals surface area contributed by atoms with Gasteiger partial charge in [-0.3, -0.25) is 0 Å². The van der Waals surface area contributed by atoms with Crippen LogP contribution >= 0.6 is 0 Å². The van der Waals surface area contributed by atoms with Gasteiger partial charge in [-0.25, -0.2) is 4.39 Å². The molecule has 0 saturated carbocycles. The molecule has 2 unspecified atom stereocenters. The lowest BCUT2D eigenvalue weighted by Gasteiger charge is -2.17. The summed E-state index contributed by atoms with van der Waals surface area (Å²) in [6.07, 6.45) is 3.11. The van der Waals surface area contributed by atoms with Gasteiger partial charge in [0.05, 0.1) is 0 Å². The minimum absolute atomic E-state index is 0.0909. The van der Waals surface area contributed by atoms with E-state index in [2.05, 4.69) is 6.92 Å². The van der Waals surface area contributed by atoms with Gasteiger partial charge < -0.3 is 11.5 Å². The zero-order valence-corrected chi connectivity index (χ0v) is 9.83. The molecule has 0 aliphatic rings. The Morgan fingerprint density at radius 1 is 1.25 bits per heavy atom. The maximum atomic E-state index is 12.7. The van der Waals surface area contributed by atoms with Crippen LogP contribution in [0.3, 0.4) is 0 Å². The van der Waals surface area contributed by atoms with Gasteiger partial charge in [-0.1, -0.05) is 19.1 Å². The van der Waals surface area contributed by atoms with Gasteiger partial charge in [0.1, 0.15) is 5.82 Å². The van der Waals surface area contributed by atoms with Gasteiger partial charge in [0.15, 0.2) is 0 Å². The first kappa shape index (κ1) is 13.1. The Morgan fingerprint density at radius 2 is 1.88 bits per heavy atom. The molecule has 0 spiro atoms. The molecule has 0 heterocycles. The lowest BCUT2D eigenvalue weighted by atomic mass is 9.95. The summed E-state index contributed by atoms with van der Waals surface area (Å²) >= 11 is 0. The standard InChI is InChI=1S/C13H21FN2/c1-10(13(16)9-15)3-2-4-11-5-7-12(14)8-6-11/h5-8,10,13H,2-4,9,15-16H2,1H3. The molecular formula is C13H21FN2. The zero-order chi connectivity index (χ0) is 12.0. The van der Waals surface area contributed by atoms with Crippen LogP contribution in [0.2, 0.25) is 0 Å². The molecule has 0 fully saturated rings. The molecule has 1 aromatic rings. The fraction of sp³-hybridized carbons (Fsp3) is 0.538. The highest BCUT2D eigenvalue weighted by Gasteiger charge is 2.10. The van der Waals surface area contributed by atoms with Crippen LogP contribution in [0.15, 0.2) is 24.3 Å². The van der Waals surface area contributed by atoms with Crippen molar-refractivity contribution in [3.05, 3.63) is 35.6 Å². The van der Waals surface area contributed by atoms with Crippen molar-refractivity contribution in [1.82, 2.24) is 0 Å². The molecule has 3 heteroatoms. The minimum atomic E-state index is -0.178. The molecule has 2 atom stereocenters. The van der Waals surface area contributed by atoms with E-state index in [9.17, 15) is 4.39 Å². The summed E-state index contributed by atoms with van der Waals surface area (Å²) in [6, 6.07) is 6.77. The summed E-state index contributed by atoms with van der Waals surface area (Å²) in [5, 5.41) is 0. The van der Waals surface area contributed by atoms with E-state index < -0.39 is 0 Å². The van der Waals surface area contributed by atoms with E-state index in [0.717, 1.165) is 19.3 Å². The predicted molar refractivity (Wildman–Crippen MR) is 65.5 cm³/mol. The van der Waals surface area contributed by atoms with E-state index in [1.54, 1.807) is 0 Å². The number of halogens is 1. The van der Waals surface area contributed by atoms with E-state index in [4.69, 9.17) is 11.5 Å². The zero-order valence-electron chi connectivity index (χ0n) is 9.83. The quantitative estimate of drug-likeness (QED) is 0.777. The normalized spacial score (nSPS) is 14.8. The van der Waals surface area contributed by atoms with Crippen molar-refractivity contribution in [1.29, 1.82) is 0 Å². The Balaban J connectivity index is 2.27. The molecule has 0 amide bonds. The highest BCUT2D eigenvalue weighted by molar-refractivity contribution is 5.15. The number of hydrogen-bond acceptors (Lipinski definition) is 2. The molecule has 0 aliphatic carbocycles. The molecule has 0 saturated heterocycles. The monoisotopic (exact) mass is 224 g/mol. The lowest BCUT2D eigenvalue weighted by Crippen LogP contribution is -2.35. The van der Waals surface area contributed by atoms with Gasteiger partial charge in [-0.2, -0.15) is 0 Å². The summed E-state index contributed by atoms with van der Waals surface area (Å²) in [4.78, 5) is 0. The number of aryl methyl sites for hydroxylation is 1. The number of benzene rings is 1. The highest BCUT2D eigenvalue weighted by Crippen LogP contribution is 2.12. The van der Waals surface area contributed by atoms with Crippen LogP contribution in [0.4, 0.5) is 4.39 Å². The Bertz CT molecular complexity index is 297. The van der Waals surface area contributed by atoms with Crippen LogP contribution < -0.4 is 11.5 Å². The van der Waals surface area contributed by atoms with Gasteiger partial charge in [-0.05, 0) is 42.9 Å². The fourth-order valence-electron chi connectivity index (χ4n) is 1.73. The van der Waals surface area contributed by atoms with Crippen molar-refractivity contribution in [2.45, 2.75) is 32.2 Å². The third-order valence-corrected chi connectivity index (χ3v) is 3.04. The van der Waals surface area contributed by atoms with Crippen LogP contribution in [0.25, 0.3) is 0 Å². The molecule has 0 radical (unpaired) electrons. The third kappa shape index (κ3) is 4.29. The van der Waals surface area contributed by atoms with Crippen LogP contribution in [0.1, 0.15) is 25.3 Å². The Hall–Kier alpha value is -0.930. The predicted octanol–water partition coefficient (Wildman–Crippen LogP) is 2.07. The maximum Gasteiger partial charge on any atom is 0.123 e. The molecule has 1 aromatic carbocycles. The van der Waals surface area contributed by atoms with Gasteiger partial charge in [0.2, 0.25) is 0 Å². The van der Waals surface area contributed by atoms with E-state index >= 15 is 0 Å². The molecule has 0 bridgehead atoms. The van der Waals surface area contributed by atoms with Gasteiger partial charge in [0, 0.05) is 12.6 Å². The Labute approximate surface area is 96.8 Å². The minimum Gasteiger partial charge on any atom is -0.329 e. The van der Waals surface area contributed by atoms with Crippen LogP contribution in [-0.2, 0) is 6.42 Å². The van der Waals surface area contributed by atoms with Gasteiger partial charge >= 0.3 is 0 Å². The summed E-state index contributed by atoms with van der Waals surface area (Å²) in [6.45, 7) is 2.67. The molecule has 2 nitrogen and oxygen atoms in total. The highest BCUT2D eigenvalue weighted by atomic mass is 19.1. The topological polar surface area (TPSA) is 52.0 Å². The van der Waals surface area contributed by atoms with Gasteiger partial charge in [0.25, 0.3) is 0 Å². The number of rotatable bonds is 6. The van der Waals surface area contributed by atoms with Crippen molar-refractivity contribution < 1.29 is 4.39 Å². The number of nitrogens with two attached hydrogens (primary N) is 2. The fourth-order valence-corrected chi connectivity index (χ4v) is 1.73. The largest absolute Gasteiger partial charge is 0.329 e. The molecule has 90 valence electrons. The van der Waals surface area contributed by atoms with Crippen molar-refractivity contribution in [3.8, 4) is 0 Å². The first-order chi connectivity index (χ1) is 7.63. The second-order valence-corrected chi connectivity index (χ2v) is 4.40. The van der Waals surface area contributed by atoms with Crippen LogP contribution in [0.5, 0.6) is 0 Å². The average molecular weight is 224 g/mol. The van der Waals surface area contributed by atoms with E-state index in [-0.39, 0.29) is 11.9 Å². The first-order valence-corrected chi connectivity index (χ1v) is 5.83. The summed E-state index contributed by atoms with van der Waals surface area (Å²) < 4.78 is 12.7. The summed E-state index contributed by atoms with van der Waals surface area (Å²) in [5.74, 6) is 0.271. The summed E-state index contributed by atoms with van der Waals surface area (Å²) in [5.41, 5.74) is 12.5. The van der Waals surface area contributed by atoms with Crippen LogP contribution in [0, 0.1) is 11.7 Å². The van der Waals surface area contributed by atoms with Crippen LogP contribution in [-0.4, -0.2) is 12.6 Å². The SMILES string of the molecule is CC(CCCc1ccc(F)cc1)C(N)CN. The lowest BCUT2D eigenvalue weighted by molar-refractivity contribution is 0.420. The Morgan fingerprint density at radius 3 is 2.44 bits per heavy atom. The van der Waals surface area contributed by atoms with Crippen molar-refractivity contribution >= 4 is 0 Å². The molecule has 4 N–H and O–H groups in total. The molecule has 1 rings (SSSR count). The van der Waals surface area contributed by atoms with Crippen molar-refractivity contribution in [2.24, 2.45) is 17.4 Å². The van der Waals surface area contributed by atoms with E-state index in [1.807, 2.05) is 12.1 Å². The maximum absolute atomic E-state index is 12.7. The first-order valence-electron chi connectivity index (χ1n) is 5.83. The second kappa shape index (κ2) is 6.61. The smallest absolute Gasteiger partial charge is 0.123 e. The van der Waals surface area contributed by atoms with Crippen molar-refractivity contribution in [3.63, 3.8) is 0 Å². The number of hydrogen-bond donors (Lipinski definition) is 2. The molecule has 0 aromatic heterocycles. The second-order valence-electron chi connectivity index (χ2n) is 4.40. The average Bonchev–Trinajstić information content (AvgIpc) is 2.30. The summed E-state index contributed by atoms with van der Waals surface area (Å²) in [7, 11) is 0. The molecule has 0 aliphatic heterocycles. The molecule has 16 heavy (non-hydrogen) atoms. The Kier molecular flexibility index (Phi) is 5.43. The third-order valence-electron chi connectivity index (χ3n) is 3.04. The molecular weight excluding hydrogens is 203 g/mol. The van der Waals surface area contributed by atoms with E-state index in [1.165, 1.54) is 17.7 Å². The van der Waals surface area contributed by atoms with Crippen molar-refractivity contribution in [2.75, 3.05) is 6.54 Å².